The quantitative estimate of drug-likeness (QED) is 0.406. The minimum absolute atomic E-state index is 0.111. The molecular formula is C23H17FN2O4. The average molecular weight is 404 g/mol. The van der Waals surface area contributed by atoms with E-state index in [9.17, 15) is 19.1 Å². The first-order chi connectivity index (χ1) is 14.5. The largest absolute Gasteiger partial charge is 0.507 e. The molecule has 1 amide bonds. The van der Waals surface area contributed by atoms with Crippen molar-refractivity contribution in [3.8, 4) is 5.75 Å². The fourth-order valence-corrected chi connectivity index (χ4v) is 3.58. The maximum atomic E-state index is 13.9. The Morgan fingerprint density at radius 2 is 1.80 bits per heavy atom. The molecular weight excluding hydrogens is 387 g/mol. The highest BCUT2D eigenvalue weighted by Gasteiger charge is 2.47. The van der Waals surface area contributed by atoms with E-state index in [1.807, 2.05) is 0 Å². The first kappa shape index (κ1) is 19.3. The van der Waals surface area contributed by atoms with Crippen LogP contribution in [-0.4, -0.2) is 28.9 Å². The van der Waals surface area contributed by atoms with E-state index in [4.69, 9.17) is 4.74 Å². The topological polar surface area (TPSA) is 79.7 Å². The van der Waals surface area contributed by atoms with Gasteiger partial charge in [0.1, 0.15) is 17.3 Å². The normalized spacial score (nSPS) is 17.9. The highest BCUT2D eigenvalue weighted by atomic mass is 19.1. The van der Waals surface area contributed by atoms with Gasteiger partial charge in [0.25, 0.3) is 11.7 Å². The number of methoxy groups -OCH3 is 1. The van der Waals surface area contributed by atoms with Crippen LogP contribution in [-0.2, 0) is 9.59 Å². The number of aromatic nitrogens is 1. The Labute approximate surface area is 171 Å². The van der Waals surface area contributed by atoms with Crippen LogP contribution in [0, 0.1) is 5.82 Å². The molecule has 1 aromatic heterocycles. The Balaban J connectivity index is 2.00. The molecule has 1 atom stereocenters. The van der Waals surface area contributed by atoms with Gasteiger partial charge < -0.3 is 9.84 Å². The van der Waals surface area contributed by atoms with E-state index >= 15 is 0 Å². The summed E-state index contributed by atoms with van der Waals surface area (Å²) in [6, 6.07) is 14.3. The van der Waals surface area contributed by atoms with Gasteiger partial charge in [0.15, 0.2) is 0 Å². The first-order valence-electron chi connectivity index (χ1n) is 9.13. The van der Waals surface area contributed by atoms with Crippen molar-refractivity contribution in [2.75, 3.05) is 12.0 Å². The van der Waals surface area contributed by atoms with Crippen molar-refractivity contribution in [3.63, 3.8) is 0 Å². The van der Waals surface area contributed by atoms with E-state index in [-0.39, 0.29) is 17.0 Å². The van der Waals surface area contributed by atoms with Crippen LogP contribution in [0.1, 0.15) is 17.2 Å². The first-order valence-corrected chi connectivity index (χ1v) is 9.13. The SMILES string of the molecule is COc1ccccc1C1/C(=C(\O)c2ccncc2)C(=O)C(=O)N1c1cccc(F)c1. The van der Waals surface area contributed by atoms with Gasteiger partial charge in [0.2, 0.25) is 0 Å². The number of ketones is 1. The molecule has 1 aliphatic rings. The molecule has 4 rings (SSSR count). The van der Waals surface area contributed by atoms with Crippen molar-refractivity contribution in [1.82, 2.24) is 4.98 Å². The summed E-state index contributed by atoms with van der Waals surface area (Å²) < 4.78 is 19.4. The maximum absolute atomic E-state index is 13.9. The second kappa shape index (κ2) is 7.79. The smallest absolute Gasteiger partial charge is 0.300 e. The Bertz CT molecular complexity index is 1160. The summed E-state index contributed by atoms with van der Waals surface area (Å²) >= 11 is 0. The molecule has 3 aromatic rings. The number of Topliss-reactive ketones (excluding diaryl/α,β-unsaturated/α-hetero) is 1. The monoisotopic (exact) mass is 404 g/mol. The van der Waals surface area contributed by atoms with Crippen LogP contribution >= 0.6 is 0 Å². The molecule has 1 unspecified atom stereocenters. The van der Waals surface area contributed by atoms with Crippen molar-refractivity contribution >= 4 is 23.1 Å². The maximum Gasteiger partial charge on any atom is 0.300 e. The summed E-state index contributed by atoms with van der Waals surface area (Å²) in [4.78, 5) is 31.1. The molecule has 0 saturated carbocycles. The zero-order valence-electron chi connectivity index (χ0n) is 15.9. The van der Waals surface area contributed by atoms with E-state index in [2.05, 4.69) is 4.98 Å². The number of nitrogens with zero attached hydrogens (tertiary/aromatic N) is 2. The molecule has 1 N–H and O–H groups in total. The molecule has 0 radical (unpaired) electrons. The molecule has 0 spiro atoms. The third-order valence-electron chi connectivity index (χ3n) is 4.92. The van der Waals surface area contributed by atoms with E-state index in [1.54, 1.807) is 24.3 Å². The molecule has 0 bridgehead atoms. The lowest BCUT2D eigenvalue weighted by atomic mass is 9.94. The minimum Gasteiger partial charge on any atom is -0.507 e. The molecule has 2 heterocycles. The second-order valence-electron chi connectivity index (χ2n) is 6.63. The lowest BCUT2D eigenvalue weighted by molar-refractivity contribution is -0.132. The molecule has 0 aliphatic carbocycles. The number of carbonyl (C=O) groups is 2. The highest BCUT2D eigenvalue weighted by Crippen LogP contribution is 2.44. The molecule has 2 aromatic carbocycles. The van der Waals surface area contributed by atoms with E-state index in [1.165, 1.54) is 60.8 Å². The summed E-state index contributed by atoms with van der Waals surface area (Å²) in [6.45, 7) is 0. The van der Waals surface area contributed by atoms with Gasteiger partial charge in [-0.05, 0) is 36.4 Å². The molecule has 1 saturated heterocycles. The van der Waals surface area contributed by atoms with Crippen molar-refractivity contribution in [1.29, 1.82) is 0 Å². The summed E-state index contributed by atoms with van der Waals surface area (Å²) in [5, 5.41) is 11.0. The number of carbonyl (C=O) groups excluding carboxylic acids is 2. The van der Waals surface area contributed by atoms with Gasteiger partial charge in [-0.2, -0.15) is 0 Å². The van der Waals surface area contributed by atoms with Gasteiger partial charge in [0.05, 0.1) is 18.7 Å². The summed E-state index contributed by atoms with van der Waals surface area (Å²) in [5.41, 5.74) is 0.906. The predicted molar refractivity (Wildman–Crippen MR) is 108 cm³/mol. The van der Waals surface area contributed by atoms with Crippen LogP contribution in [0.15, 0.2) is 78.6 Å². The zero-order valence-corrected chi connectivity index (χ0v) is 15.9. The van der Waals surface area contributed by atoms with E-state index in [0.717, 1.165) is 0 Å². The van der Waals surface area contributed by atoms with Crippen LogP contribution in [0.2, 0.25) is 0 Å². The number of halogens is 1. The summed E-state index contributed by atoms with van der Waals surface area (Å²) in [7, 11) is 1.47. The second-order valence-corrected chi connectivity index (χ2v) is 6.63. The lowest BCUT2D eigenvalue weighted by Gasteiger charge is -2.26. The number of amides is 1. The standard InChI is InChI=1S/C23H17FN2O4/c1-30-18-8-3-2-7-17(18)20-19(21(27)14-9-11-25-12-10-14)22(28)23(29)26(20)16-6-4-5-15(24)13-16/h2-13,20,27H,1H3/b21-19+. The molecule has 150 valence electrons. The molecule has 6 nitrogen and oxygen atoms in total. The number of para-hydroxylation sites is 1. The van der Waals surface area contributed by atoms with E-state index < -0.39 is 23.5 Å². The molecule has 30 heavy (non-hydrogen) atoms. The lowest BCUT2D eigenvalue weighted by Crippen LogP contribution is -2.29. The minimum atomic E-state index is -1.00. The summed E-state index contributed by atoms with van der Waals surface area (Å²) in [5.74, 6) is -2.21. The van der Waals surface area contributed by atoms with E-state index in [0.29, 0.717) is 16.9 Å². The highest BCUT2D eigenvalue weighted by molar-refractivity contribution is 6.51. The molecule has 7 heteroatoms. The third-order valence-corrected chi connectivity index (χ3v) is 4.92. The Morgan fingerprint density at radius 1 is 1.07 bits per heavy atom. The molecule has 1 aliphatic heterocycles. The van der Waals surface area contributed by atoms with Crippen LogP contribution in [0.5, 0.6) is 5.75 Å². The number of anilines is 1. The number of aliphatic hydroxyl groups excluding tert-OH is 1. The van der Waals surface area contributed by atoms with Gasteiger partial charge >= 0.3 is 0 Å². The van der Waals surface area contributed by atoms with Gasteiger partial charge in [0, 0.05) is 29.2 Å². The Kier molecular flexibility index (Phi) is 5.02. The molecule has 1 fully saturated rings. The Hall–Kier alpha value is -4.00. The van der Waals surface area contributed by atoms with Gasteiger partial charge in [-0.15, -0.1) is 0 Å². The number of pyridine rings is 1. The van der Waals surface area contributed by atoms with Gasteiger partial charge in [-0.1, -0.05) is 24.3 Å². The fourth-order valence-electron chi connectivity index (χ4n) is 3.58. The van der Waals surface area contributed by atoms with Gasteiger partial charge in [-0.25, -0.2) is 4.39 Å². The number of benzene rings is 2. The summed E-state index contributed by atoms with van der Waals surface area (Å²) in [6.07, 6.45) is 2.94. The third kappa shape index (κ3) is 3.20. The number of aliphatic hydroxyl groups is 1. The number of rotatable bonds is 4. The number of hydrogen-bond donors (Lipinski definition) is 1. The van der Waals surface area contributed by atoms with Crippen molar-refractivity contribution in [2.24, 2.45) is 0 Å². The fraction of sp³-hybridized carbons (Fsp3) is 0.0870. The van der Waals surface area contributed by atoms with Crippen LogP contribution < -0.4 is 9.64 Å². The zero-order chi connectivity index (χ0) is 21.3. The van der Waals surface area contributed by atoms with Gasteiger partial charge in [-0.3, -0.25) is 19.5 Å². The van der Waals surface area contributed by atoms with Crippen LogP contribution in [0.4, 0.5) is 10.1 Å². The van der Waals surface area contributed by atoms with Crippen LogP contribution in [0.3, 0.4) is 0 Å². The number of hydrogen-bond acceptors (Lipinski definition) is 5. The van der Waals surface area contributed by atoms with Crippen molar-refractivity contribution in [2.45, 2.75) is 6.04 Å². The average Bonchev–Trinajstić information content (AvgIpc) is 3.04. The predicted octanol–water partition coefficient (Wildman–Crippen LogP) is 3.86. The number of ether oxygens (including phenoxy) is 1. The Morgan fingerprint density at radius 3 is 2.50 bits per heavy atom. The van der Waals surface area contributed by atoms with Crippen molar-refractivity contribution in [3.05, 3.63) is 95.6 Å². The van der Waals surface area contributed by atoms with Crippen LogP contribution in [0.25, 0.3) is 5.76 Å². The van der Waals surface area contributed by atoms with Crippen molar-refractivity contribution < 1.29 is 23.8 Å².